The van der Waals surface area contributed by atoms with E-state index in [-0.39, 0.29) is 11.6 Å². The SMILES string of the molecule is C=CC[C@@H]1O[C@H](CO)[C@@H](O[Si](C)(C)C(C)(C)C)[C@H](OCc2ccccc2)[C@H]1O. The van der Waals surface area contributed by atoms with Gasteiger partial charge in [0.25, 0.3) is 0 Å². The molecule has 0 radical (unpaired) electrons. The Kier molecular flexibility index (Phi) is 8.02. The molecule has 28 heavy (non-hydrogen) atoms. The molecule has 158 valence electrons. The van der Waals surface area contributed by atoms with E-state index in [1.165, 1.54) is 0 Å². The zero-order chi connectivity index (χ0) is 20.9. The van der Waals surface area contributed by atoms with Gasteiger partial charge in [0, 0.05) is 0 Å². The first kappa shape index (κ1) is 23.3. The Balaban J connectivity index is 2.28. The summed E-state index contributed by atoms with van der Waals surface area (Å²) in [6.45, 7) is 14.7. The first-order chi connectivity index (χ1) is 13.1. The predicted molar refractivity (Wildman–Crippen MR) is 114 cm³/mol. The van der Waals surface area contributed by atoms with Gasteiger partial charge in [-0.2, -0.15) is 0 Å². The lowest BCUT2D eigenvalue weighted by Gasteiger charge is -2.48. The van der Waals surface area contributed by atoms with Gasteiger partial charge >= 0.3 is 0 Å². The van der Waals surface area contributed by atoms with Gasteiger partial charge in [0.05, 0.1) is 19.3 Å². The van der Waals surface area contributed by atoms with Crippen LogP contribution in [0.3, 0.4) is 0 Å². The normalized spacial score (nSPS) is 28.9. The average Bonchev–Trinajstić information content (AvgIpc) is 2.63. The molecule has 0 spiro atoms. The maximum absolute atomic E-state index is 11.0. The second-order valence-electron chi connectivity index (χ2n) is 9.01. The molecule has 1 heterocycles. The lowest BCUT2D eigenvalue weighted by molar-refractivity contribution is -0.239. The van der Waals surface area contributed by atoms with Crippen molar-refractivity contribution in [3.8, 4) is 0 Å². The van der Waals surface area contributed by atoms with E-state index in [2.05, 4.69) is 40.4 Å². The molecule has 1 aliphatic heterocycles. The molecule has 0 unspecified atom stereocenters. The summed E-state index contributed by atoms with van der Waals surface area (Å²) in [5.41, 5.74) is 1.02. The smallest absolute Gasteiger partial charge is 0.192 e. The fourth-order valence-electron chi connectivity index (χ4n) is 3.13. The van der Waals surface area contributed by atoms with E-state index in [0.29, 0.717) is 13.0 Å². The number of benzene rings is 1. The van der Waals surface area contributed by atoms with Crippen LogP contribution in [0.15, 0.2) is 43.0 Å². The van der Waals surface area contributed by atoms with Crippen molar-refractivity contribution < 1.29 is 24.1 Å². The maximum Gasteiger partial charge on any atom is 0.192 e. The third-order valence-corrected chi connectivity index (χ3v) is 10.3. The fraction of sp³-hybridized carbons (Fsp3) is 0.636. The van der Waals surface area contributed by atoms with E-state index >= 15 is 0 Å². The molecule has 2 N–H and O–H groups in total. The number of ether oxygens (including phenoxy) is 2. The van der Waals surface area contributed by atoms with Gasteiger partial charge in [0.1, 0.15) is 24.4 Å². The minimum Gasteiger partial charge on any atom is -0.408 e. The lowest BCUT2D eigenvalue weighted by Crippen LogP contribution is -2.63. The summed E-state index contributed by atoms with van der Waals surface area (Å²) in [6.07, 6.45) is -0.825. The molecule has 6 heteroatoms. The maximum atomic E-state index is 11.0. The van der Waals surface area contributed by atoms with Gasteiger partial charge in [0.2, 0.25) is 0 Å². The van der Waals surface area contributed by atoms with Crippen molar-refractivity contribution in [2.75, 3.05) is 6.61 Å². The van der Waals surface area contributed by atoms with Gasteiger partial charge in [-0.25, -0.2) is 0 Å². The van der Waals surface area contributed by atoms with Crippen molar-refractivity contribution in [2.24, 2.45) is 0 Å². The minimum atomic E-state index is -2.17. The molecule has 1 aliphatic rings. The Labute approximate surface area is 170 Å². The Morgan fingerprint density at radius 2 is 1.79 bits per heavy atom. The second-order valence-corrected chi connectivity index (χ2v) is 13.8. The number of hydrogen-bond acceptors (Lipinski definition) is 5. The number of rotatable bonds is 8. The Morgan fingerprint density at radius 1 is 1.14 bits per heavy atom. The van der Waals surface area contributed by atoms with Gasteiger partial charge in [0.15, 0.2) is 8.32 Å². The molecule has 0 aliphatic carbocycles. The van der Waals surface area contributed by atoms with Crippen molar-refractivity contribution in [3.63, 3.8) is 0 Å². The first-order valence-electron chi connectivity index (χ1n) is 9.99. The monoisotopic (exact) mass is 408 g/mol. The Hall–Kier alpha value is -1.02. The van der Waals surface area contributed by atoms with Crippen molar-refractivity contribution in [1.82, 2.24) is 0 Å². The van der Waals surface area contributed by atoms with Gasteiger partial charge in [-0.05, 0) is 30.1 Å². The zero-order valence-electron chi connectivity index (χ0n) is 17.8. The fourth-order valence-corrected chi connectivity index (χ4v) is 4.45. The molecule has 0 bridgehead atoms. The van der Waals surface area contributed by atoms with Crippen LogP contribution in [0.5, 0.6) is 0 Å². The van der Waals surface area contributed by atoms with E-state index in [0.717, 1.165) is 5.56 Å². The molecule has 5 atom stereocenters. The van der Waals surface area contributed by atoms with E-state index in [1.807, 2.05) is 30.3 Å². The lowest BCUT2D eigenvalue weighted by atomic mass is 9.93. The quantitative estimate of drug-likeness (QED) is 0.507. The number of hydrogen-bond donors (Lipinski definition) is 2. The van der Waals surface area contributed by atoms with Crippen LogP contribution < -0.4 is 0 Å². The molecule has 1 fully saturated rings. The first-order valence-corrected chi connectivity index (χ1v) is 12.9. The molecule has 0 aromatic heterocycles. The number of aliphatic hydroxyl groups excluding tert-OH is 2. The van der Waals surface area contributed by atoms with Crippen molar-refractivity contribution in [1.29, 1.82) is 0 Å². The molecule has 0 amide bonds. The average molecular weight is 409 g/mol. The Morgan fingerprint density at radius 3 is 2.32 bits per heavy atom. The van der Waals surface area contributed by atoms with Crippen LogP contribution in [-0.2, 0) is 20.5 Å². The van der Waals surface area contributed by atoms with Crippen molar-refractivity contribution in [3.05, 3.63) is 48.6 Å². The minimum absolute atomic E-state index is 0.0140. The summed E-state index contributed by atoms with van der Waals surface area (Å²) < 4.78 is 18.8. The van der Waals surface area contributed by atoms with Crippen LogP contribution >= 0.6 is 0 Å². The summed E-state index contributed by atoms with van der Waals surface area (Å²) >= 11 is 0. The van der Waals surface area contributed by atoms with E-state index in [9.17, 15) is 10.2 Å². The highest BCUT2D eigenvalue weighted by Crippen LogP contribution is 2.40. The summed E-state index contributed by atoms with van der Waals surface area (Å²) in [5, 5.41) is 20.9. The summed E-state index contributed by atoms with van der Waals surface area (Å²) in [6, 6.07) is 9.85. The van der Waals surface area contributed by atoms with Crippen molar-refractivity contribution in [2.45, 2.75) is 82.5 Å². The summed E-state index contributed by atoms with van der Waals surface area (Å²) in [5.74, 6) is 0. The van der Waals surface area contributed by atoms with Crippen LogP contribution in [0.4, 0.5) is 0 Å². The Bertz CT molecular complexity index is 613. The van der Waals surface area contributed by atoms with Gasteiger partial charge < -0.3 is 24.1 Å². The molecule has 0 saturated carbocycles. The van der Waals surface area contributed by atoms with Crippen molar-refractivity contribution >= 4 is 8.32 Å². The molecule has 1 aromatic rings. The molecular formula is C22H36O5Si. The van der Waals surface area contributed by atoms with Crippen LogP contribution in [0.25, 0.3) is 0 Å². The van der Waals surface area contributed by atoms with Gasteiger partial charge in [-0.1, -0.05) is 57.2 Å². The molecule has 5 nitrogen and oxygen atoms in total. The highest BCUT2D eigenvalue weighted by Gasteiger charge is 2.50. The third-order valence-electron chi connectivity index (χ3n) is 5.86. The number of aliphatic hydroxyl groups is 2. The predicted octanol–water partition coefficient (Wildman–Crippen LogP) is 3.66. The van der Waals surface area contributed by atoms with Crippen LogP contribution in [0.2, 0.25) is 18.1 Å². The van der Waals surface area contributed by atoms with E-state index < -0.39 is 38.8 Å². The highest BCUT2D eigenvalue weighted by molar-refractivity contribution is 6.74. The van der Waals surface area contributed by atoms with Gasteiger partial charge in [-0.15, -0.1) is 6.58 Å². The second kappa shape index (κ2) is 9.65. The van der Waals surface area contributed by atoms with Gasteiger partial charge in [-0.3, -0.25) is 0 Å². The molecule has 1 saturated heterocycles. The third kappa shape index (κ3) is 5.53. The summed E-state index contributed by atoms with van der Waals surface area (Å²) in [4.78, 5) is 0. The standard InChI is InChI=1S/C22H36O5Si/c1-7-11-17-19(24)21(25-15-16-12-9-8-10-13-16)20(18(14-23)26-17)27-28(5,6)22(2,3)4/h7-10,12-13,17-21,23-24H,1,11,14-15H2,2-6H3/t17-,18+,19-,20+,21+/m0/s1. The largest absolute Gasteiger partial charge is 0.408 e. The molecule has 2 rings (SSSR count). The summed E-state index contributed by atoms with van der Waals surface area (Å²) in [7, 11) is -2.17. The highest BCUT2D eigenvalue weighted by atomic mass is 28.4. The van der Waals surface area contributed by atoms with Crippen LogP contribution in [-0.4, -0.2) is 55.7 Å². The topological polar surface area (TPSA) is 68.2 Å². The van der Waals surface area contributed by atoms with Crippen LogP contribution in [0.1, 0.15) is 32.8 Å². The van der Waals surface area contributed by atoms with E-state index in [4.69, 9.17) is 13.9 Å². The molecule has 1 aromatic carbocycles. The zero-order valence-corrected chi connectivity index (χ0v) is 18.8. The van der Waals surface area contributed by atoms with Crippen LogP contribution in [0, 0.1) is 0 Å². The van der Waals surface area contributed by atoms with E-state index in [1.54, 1.807) is 6.08 Å². The molecular weight excluding hydrogens is 372 g/mol.